The number of hydrogen-bond donors (Lipinski definition) is 2. The van der Waals surface area contributed by atoms with Gasteiger partial charge in [-0.1, -0.05) is 0 Å². The lowest BCUT2D eigenvalue weighted by Gasteiger charge is -2.29. The van der Waals surface area contributed by atoms with Crippen LogP contribution in [0.4, 0.5) is 0 Å². The van der Waals surface area contributed by atoms with Gasteiger partial charge in [-0.25, -0.2) is 5.01 Å². The number of nitrogens with zero attached hydrogens (tertiary/aromatic N) is 1. The molecule has 0 radical (unpaired) electrons. The van der Waals surface area contributed by atoms with Crippen molar-refractivity contribution in [2.24, 2.45) is 11.7 Å². The van der Waals surface area contributed by atoms with E-state index in [9.17, 15) is 4.79 Å². The van der Waals surface area contributed by atoms with Crippen LogP contribution in [0.1, 0.15) is 12.8 Å². The molecular formula is C7H15N3O. The third kappa shape index (κ3) is 2.17. The second-order valence-corrected chi connectivity index (χ2v) is 2.89. The number of carbonyl (C=O) groups is 1. The molecule has 1 rings (SSSR count). The predicted octanol–water partition coefficient (Wildman–Crippen LogP) is -0.682. The van der Waals surface area contributed by atoms with E-state index >= 15 is 0 Å². The van der Waals surface area contributed by atoms with E-state index in [-0.39, 0.29) is 11.8 Å². The zero-order valence-corrected chi connectivity index (χ0v) is 6.84. The summed E-state index contributed by atoms with van der Waals surface area (Å²) in [6.07, 6.45) is 1.77. The van der Waals surface area contributed by atoms with Gasteiger partial charge in [-0.3, -0.25) is 10.2 Å². The van der Waals surface area contributed by atoms with Gasteiger partial charge in [-0.15, -0.1) is 0 Å². The smallest absolute Gasteiger partial charge is 0.220 e. The van der Waals surface area contributed by atoms with Gasteiger partial charge in [0.2, 0.25) is 5.91 Å². The summed E-state index contributed by atoms with van der Waals surface area (Å²) in [5.41, 5.74) is 8.22. The van der Waals surface area contributed by atoms with Gasteiger partial charge in [0.1, 0.15) is 0 Å². The van der Waals surface area contributed by atoms with Gasteiger partial charge in [0, 0.05) is 19.0 Å². The van der Waals surface area contributed by atoms with Crippen LogP contribution >= 0.6 is 0 Å². The maximum atomic E-state index is 10.7. The largest absolute Gasteiger partial charge is 0.369 e. The molecular weight excluding hydrogens is 142 g/mol. The Morgan fingerprint density at radius 3 is 2.45 bits per heavy atom. The molecule has 0 bridgehead atoms. The van der Waals surface area contributed by atoms with Crippen LogP contribution < -0.4 is 11.2 Å². The van der Waals surface area contributed by atoms with Crippen molar-refractivity contribution in [3.63, 3.8) is 0 Å². The van der Waals surface area contributed by atoms with E-state index in [0.29, 0.717) is 0 Å². The van der Waals surface area contributed by atoms with E-state index in [4.69, 9.17) is 5.73 Å². The van der Waals surface area contributed by atoms with Crippen molar-refractivity contribution in [3.8, 4) is 0 Å². The summed E-state index contributed by atoms with van der Waals surface area (Å²) in [6, 6.07) is 0. The molecule has 0 aliphatic carbocycles. The molecule has 64 valence electrons. The number of amides is 1. The summed E-state index contributed by atoms with van der Waals surface area (Å²) in [5.74, 6) is -0.0552. The van der Waals surface area contributed by atoms with Gasteiger partial charge in [-0.05, 0) is 19.9 Å². The SMILES string of the molecule is CNN1CCC(C(N)=O)CC1. The highest BCUT2D eigenvalue weighted by molar-refractivity contribution is 5.76. The van der Waals surface area contributed by atoms with Crippen molar-refractivity contribution in [2.75, 3.05) is 20.1 Å². The van der Waals surface area contributed by atoms with Gasteiger partial charge in [0.25, 0.3) is 0 Å². The first kappa shape index (κ1) is 8.49. The van der Waals surface area contributed by atoms with Crippen molar-refractivity contribution < 1.29 is 4.79 Å². The van der Waals surface area contributed by atoms with Crippen LogP contribution in [0.25, 0.3) is 0 Å². The van der Waals surface area contributed by atoms with Crippen molar-refractivity contribution in [2.45, 2.75) is 12.8 Å². The number of hydrogen-bond acceptors (Lipinski definition) is 3. The summed E-state index contributed by atoms with van der Waals surface area (Å²) < 4.78 is 0. The van der Waals surface area contributed by atoms with E-state index in [1.54, 1.807) is 0 Å². The second-order valence-electron chi connectivity index (χ2n) is 2.89. The van der Waals surface area contributed by atoms with Gasteiger partial charge < -0.3 is 5.73 Å². The number of nitrogens with two attached hydrogens (primary N) is 1. The highest BCUT2D eigenvalue weighted by Crippen LogP contribution is 2.14. The van der Waals surface area contributed by atoms with Gasteiger partial charge in [0.15, 0.2) is 0 Å². The normalized spacial score (nSPS) is 21.9. The average molecular weight is 157 g/mol. The molecule has 0 unspecified atom stereocenters. The molecule has 4 heteroatoms. The fourth-order valence-corrected chi connectivity index (χ4v) is 1.39. The van der Waals surface area contributed by atoms with Crippen molar-refractivity contribution in [1.29, 1.82) is 0 Å². The molecule has 1 aliphatic heterocycles. The molecule has 3 N–H and O–H groups in total. The fourth-order valence-electron chi connectivity index (χ4n) is 1.39. The van der Waals surface area contributed by atoms with Crippen LogP contribution in [0.5, 0.6) is 0 Å². The van der Waals surface area contributed by atoms with Crippen molar-refractivity contribution in [3.05, 3.63) is 0 Å². The zero-order valence-electron chi connectivity index (χ0n) is 6.84. The van der Waals surface area contributed by atoms with E-state index in [0.717, 1.165) is 25.9 Å². The molecule has 0 spiro atoms. The second kappa shape index (κ2) is 3.69. The van der Waals surface area contributed by atoms with E-state index < -0.39 is 0 Å². The molecule has 1 saturated heterocycles. The van der Waals surface area contributed by atoms with Crippen LogP contribution in [-0.2, 0) is 4.79 Å². The first-order valence-corrected chi connectivity index (χ1v) is 3.95. The third-order valence-electron chi connectivity index (χ3n) is 2.21. The average Bonchev–Trinajstić information content (AvgIpc) is 2.05. The van der Waals surface area contributed by atoms with Gasteiger partial charge >= 0.3 is 0 Å². The number of rotatable bonds is 2. The van der Waals surface area contributed by atoms with Crippen LogP contribution in [0.3, 0.4) is 0 Å². The van der Waals surface area contributed by atoms with Crippen LogP contribution in [0.15, 0.2) is 0 Å². The summed E-state index contributed by atoms with van der Waals surface area (Å²) >= 11 is 0. The summed E-state index contributed by atoms with van der Waals surface area (Å²) in [5, 5.41) is 2.10. The zero-order chi connectivity index (χ0) is 8.27. The molecule has 0 aromatic rings. The van der Waals surface area contributed by atoms with Gasteiger partial charge in [0.05, 0.1) is 0 Å². The minimum atomic E-state index is -0.152. The molecule has 0 atom stereocenters. The van der Waals surface area contributed by atoms with Crippen molar-refractivity contribution in [1.82, 2.24) is 10.4 Å². The number of carbonyl (C=O) groups excluding carboxylic acids is 1. The Bertz CT molecular complexity index is 141. The van der Waals surface area contributed by atoms with E-state index in [1.807, 2.05) is 7.05 Å². The Balaban J connectivity index is 2.30. The van der Waals surface area contributed by atoms with Gasteiger partial charge in [-0.2, -0.15) is 0 Å². The molecule has 1 fully saturated rings. The summed E-state index contributed by atoms with van der Waals surface area (Å²) in [4.78, 5) is 10.7. The third-order valence-corrected chi connectivity index (χ3v) is 2.21. The minimum absolute atomic E-state index is 0.0969. The Labute approximate surface area is 66.7 Å². The molecule has 1 heterocycles. The lowest BCUT2D eigenvalue weighted by Crippen LogP contribution is -2.44. The highest BCUT2D eigenvalue weighted by atomic mass is 16.1. The molecule has 0 aromatic carbocycles. The molecule has 0 aromatic heterocycles. The number of hydrazine groups is 1. The van der Waals surface area contributed by atoms with Crippen LogP contribution in [-0.4, -0.2) is 31.1 Å². The maximum Gasteiger partial charge on any atom is 0.220 e. The number of piperidine rings is 1. The first-order chi connectivity index (χ1) is 5.24. The monoisotopic (exact) mass is 157 g/mol. The maximum absolute atomic E-state index is 10.7. The van der Waals surface area contributed by atoms with Crippen LogP contribution in [0.2, 0.25) is 0 Å². The Hall–Kier alpha value is -0.610. The Morgan fingerprint density at radius 2 is 2.09 bits per heavy atom. The summed E-state index contributed by atoms with van der Waals surface area (Å²) in [7, 11) is 1.89. The number of primary amides is 1. The highest BCUT2D eigenvalue weighted by Gasteiger charge is 2.21. The van der Waals surface area contributed by atoms with Crippen molar-refractivity contribution >= 4 is 5.91 Å². The van der Waals surface area contributed by atoms with E-state index in [2.05, 4.69) is 10.4 Å². The topological polar surface area (TPSA) is 58.4 Å². The molecule has 4 nitrogen and oxygen atoms in total. The fraction of sp³-hybridized carbons (Fsp3) is 0.857. The molecule has 11 heavy (non-hydrogen) atoms. The number of nitrogens with one attached hydrogen (secondary N) is 1. The van der Waals surface area contributed by atoms with Crippen LogP contribution in [0, 0.1) is 5.92 Å². The predicted molar refractivity (Wildman–Crippen MR) is 42.6 cm³/mol. The summed E-state index contributed by atoms with van der Waals surface area (Å²) in [6.45, 7) is 1.84. The molecule has 1 aliphatic rings. The Kier molecular flexibility index (Phi) is 2.84. The molecule has 0 saturated carbocycles. The lowest BCUT2D eigenvalue weighted by atomic mass is 9.97. The quantitative estimate of drug-likeness (QED) is 0.558. The molecule has 1 amide bonds. The standard InChI is InChI=1S/C7H15N3O/c1-9-10-4-2-6(3-5-10)7(8)11/h6,9H,2-5H2,1H3,(H2,8,11). The van der Waals surface area contributed by atoms with E-state index in [1.165, 1.54) is 0 Å². The first-order valence-electron chi connectivity index (χ1n) is 3.95. The lowest BCUT2D eigenvalue weighted by molar-refractivity contribution is -0.123. The Morgan fingerprint density at radius 1 is 1.55 bits per heavy atom. The minimum Gasteiger partial charge on any atom is -0.369 e.